The Bertz CT molecular complexity index is 415. The molecule has 0 saturated carbocycles. The van der Waals surface area contributed by atoms with Crippen LogP contribution in [0.5, 0.6) is 0 Å². The average Bonchev–Trinajstić information content (AvgIpc) is 2.29. The van der Waals surface area contributed by atoms with Gasteiger partial charge in [-0.25, -0.2) is 0 Å². The molecule has 0 amide bonds. The van der Waals surface area contributed by atoms with E-state index in [1.807, 2.05) is 25.1 Å². The maximum atomic E-state index is 12.2. The molecule has 0 aliphatic carbocycles. The van der Waals surface area contributed by atoms with E-state index in [1.165, 1.54) is 0 Å². The Balaban J connectivity index is 2.73. The Hall–Kier alpha value is -0.860. The van der Waals surface area contributed by atoms with Gasteiger partial charge in [-0.1, -0.05) is 37.6 Å². The van der Waals surface area contributed by atoms with E-state index in [1.54, 1.807) is 0 Å². The van der Waals surface area contributed by atoms with Crippen LogP contribution in [0.4, 0.5) is 0 Å². The molecule has 100 valence electrons. The van der Waals surface area contributed by atoms with Crippen LogP contribution in [0.15, 0.2) is 18.2 Å². The second-order valence-corrected chi connectivity index (χ2v) is 5.71. The normalized spacial score (nSPS) is 12.8. The molecule has 0 aliphatic rings. The van der Waals surface area contributed by atoms with E-state index in [2.05, 4.69) is 13.8 Å². The van der Waals surface area contributed by atoms with Crippen LogP contribution in [0.2, 0.25) is 5.02 Å². The van der Waals surface area contributed by atoms with Crippen LogP contribution in [0.3, 0.4) is 0 Å². The predicted octanol–water partition coefficient (Wildman–Crippen LogP) is 3.38. The number of hydrogen-bond donors (Lipinski definition) is 1. The highest BCUT2D eigenvalue weighted by molar-refractivity contribution is 6.31. The third-order valence-corrected chi connectivity index (χ3v) is 3.42. The Labute approximate surface area is 115 Å². The highest BCUT2D eigenvalue weighted by Crippen LogP contribution is 2.21. The fourth-order valence-electron chi connectivity index (χ4n) is 2.06. The summed E-state index contributed by atoms with van der Waals surface area (Å²) in [5.41, 5.74) is 7.69. The van der Waals surface area contributed by atoms with Crippen molar-refractivity contribution >= 4 is 17.4 Å². The molecule has 2 N–H and O–H groups in total. The van der Waals surface area contributed by atoms with Crippen LogP contribution >= 0.6 is 11.6 Å². The Morgan fingerprint density at radius 3 is 2.56 bits per heavy atom. The van der Waals surface area contributed by atoms with Gasteiger partial charge < -0.3 is 5.73 Å². The first-order valence-electron chi connectivity index (χ1n) is 6.41. The van der Waals surface area contributed by atoms with Crippen molar-refractivity contribution in [2.45, 2.75) is 33.6 Å². The lowest BCUT2D eigenvalue weighted by molar-refractivity contribution is -0.122. The van der Waals surface area contributed by atoms with Crippen molar-refractivity contribution in [3.8, 4) is 0 Å². The summed E-state index contributed by atoms with van der Waals surface area (Å²) in [4.78, 5) is 12.2. The van der Waals surface area contributed by atoms with Gasteiger partial charge in [0, 0.05) is 23.9 Å². The molecule has 0 saturated heterocycles. The van der Waals surface area contributed by atoms with Crippen molar-refractivity contribution in [3.63, 3.8) is 0 Å². The molecular formula is C15H22ClNO. The molecular weight excluding hydrogens is 246 g/mol. The van der Waals surface area contributed by atoms with Gasteiger partial charge in [0.1, 0.15) is 5.78 Å². The summed E-state index contributed by atoms with van der Waals surface area (Å²) in [6.07, 6.45) is 1.23. The molecule has 0 spiro atoms. The third kappa shape index (κ3) is 4.43. The van der Waals surface area contributed by atoms with Crippen molar-refractivity contribution < 1.29 is 4.79 Å². The van der Waals surface area contributed by atoms with E-state index in [-0.39, 0.29) is 11.7 Å². The van der Waals surface area contributed by atoms with Gasteiger partial charge in [-0.3, -0.25) is 4.79 Å². The van der Waals surface area contributed by atoms with E-state index < -0.39 is 0 Å². The second kappa shape index (κ2) is 6.91. The Morgan fingerprint density at radius 2 is 2.06 bits per heavy atom. The number of hydrogen-bond acceptors (Lipinski definition) is 2. The molecule has 0 aromatic heterocycles. The minimum absolute atomic E-state index is 0.0534. The summed E-state index contributed by atoms with van der Waals surface area (Å²) in [5, 5.41) is 0.670. The predicted molar refractivity (Wildman–Crippen MR) is 76.9 cm³/mol. The number of ketones is 1. The molecule has 3 heteroatoms. The van der Waals surface area contributed by atoms with Crippen LogP contribution in [0.25, 0.3) is 0 Å². The highest BCUT2D eigenvalue weighted by Gasteiger charge is 2.19. The standard InChI is InChI=1S/C15H22ClNO/c1-10(2)6-13(9-17)15(18)8-12-5-4-11(3)7-14(12)16/h4-5,7,10,13H,6,8-9,17H2,1-3H3. The number of nitrogens with two attached hydrogens (primary N) is 1. The van der Waals surface area contributed by atoms with Gasteiger partial charge in [0.05, 0.1) is 0 Å². The van der Waals surface area contributed by atoms with Crippen LogP contribution in [-0.2, 0) is 11.2 Å². The summed E-state index contributed by atoms with van der Waals surface area (Å²) >= 11 is 6.14. The summed E-state index contributed by atoms with van der Waals surface area (Å²) in [7, 11) is 0. The number of carbonyl (C=O) groups is 1. The van der Waals surface area contributed by atoms with Crippen molar-refractivity contribution in [1.29, 1.82) is 0 Å². The van der Waals surface area contributed by atoms with E-state index in [9.17, 15) is 4.79 Å². The first-order chi connectivity index (χ1) is 8.43. The summed E-state index contributed by atoms with van der Waals surface area (Å²) in [6, 6.07) is 5.80. The van der Waals surface area contributed by atoms with Crippen LogP contribution < -0.4 is 5.73 Å². The van der Waals surface area contributed by atoms with E-state index >= 15 is 0 Å². The number of rotatable bonds is 6. The molecule has 0 radical (unpaired) electrons. The quantitative estimate of drug-likeness (QED) is 0.859. The minimum Gasteiger partial charge on any atom is -0.330 e. The molecule has 1 rings (SSSR count). The molecule has 0 fully saturated rings. The van der Waals surface area contributed by atoms with Gasteiger partial charge in [0.25, 0.3) is 0 Å². The van der Waals surface area contributed by atoms with Crippen LogP contribution in [0, 0.1) is 18.8 Å². The molecule has 18 heavy (non-hydrogen) atoms. The van der Waals surface area contributed by atoms with E-state index in [0.717, 1.165) is 17.5 Å². The van der Waals surface area contributed by atoms with Crippen molar-refractivity contribution in [2.24, 2.45) is 17.6 Å². The summed E-state index contributed by atoms with van der Waals surface area (Å²) in [6.45, 7) is 6.61. The monoisotopic (exact) mass is 267 g/mol. The van der Waals surface area contributed by atoms with Crippen molar-refractivity contribution in [2.75, 3.05) is 6.54 Å². The zero-order valence-electron chi connectivity index (χ0n) is 11.4. The number of aryl methyl sites for hydroxylation is 1. The topological polar surface area (TPSA) is 43.1 Å². The molecule has 2 nitrogen and oxygen atoms in total. The molecule has 1 aromatic carbocycles. The zero-order chi connectivity index (χ0) is 13.7. The van der Waals surface area contributed by atoms with E-state index in [4.69, 9.17) is 17.3 Å². The number of carbonyl (C=O) groups excluding carboxylic acids is 1. The number of halogens is 1. The van der Waals surface area contributed by atoms with Crippen molar-refractivity contribution in [3.05, 3.63) is 34.3 Å². The molecule has 1 aromatic rings. The lowest BCUT2D eigenvalue weighted by Gasteiger charge is -2.16. The molecule has 0 aliphatic heterocycles. The van der Waals surface area contributed by atoms with Crippen molar-refractivity contribution in [1.82, 2.24) is 0 Å². The SMILES string of the molecule is Cc1ccc(CC(=O)C(CN)CC(C)C)c(Cl)c1. The average molecular weight is 268 g/mol. The maximum Gasteiger partial charge on any atom is 0.141 e. The number of Topliss-reactive ketones (excluding diaryl/α,β-unsaturated/α-hetero) is 1. The largest absolute Gasteiger partial charge is 0.330 e. The first kappa shape index (κ1) is 15.2. The van der Waals surface area contributed by atoms with Gasteiger partial charge in [0.15, 0.2) is 0 Å². The molecule has 1 unspecified atom stereocenters. The maximum absolute atomic E-state index is 12.2. The molecule has 1 atom stereocenters. The Kier molecular flexibility index (Phi) is 5.83. The molecule has 0 bridgehead atoms. The zero-order valence-corrected chi connectivity index (χ0v) is 12.1. The lowest BCUT2D eigenvalue weighted by atomic mass is 9.90. The summed E-state index contributed by atoms with van der Waals surface area (Å²) in [5.74, 6) is 0.621. The Morgan fingerprint density at radius 1 is 1.39 bits per heavy atom. The molecule has 0 heterocycles. The highest BCUT2D eigenvalue weighted by atomic mass is 35.5. The van der Waals surface area contributed by atoms with Gasteiger partial charge in [-0.05, 0) is 36.5 Å². The van der Waals surface area contributed by atoms with Crippen LogP contribution in [-0.4, -0.2) is 12.3 Å². The van der Waals surface area contributed by atoms with Gasteiger partial charge in [0.2, 0.25) is 0 Å². The third-order valence-electron chi connectivity index (χ3n) is 3.07. The minimum atomic E-state index is -0.0534. The van der Waals surface area contributed by atoms with Gasteiger partial charge in [-0.15, -0.1) is 0 Å². The van der Waals surface area contributed by atoms with E-state index in [0.29, 0.717) is 23.9 Å². The van der Waals surface area contributed by atoms with Gasteiger partial charge >= 0.3 is 0 Å². The fourth-order valence-corrected chi connectivity index (χ4v) is 2.36. The fraction of sp³-hybridized carbons (Fsp3) is 0.533. The van der Waals surface area contributed by atoms with Crippen LogP contribution in [0.1, 0.15) is 31.4 Å². The second-order valence-electron chi connectivity index (χ2n) is 5.30. The van der Waals surface area contributed by atoms with Gasteiger partial charge in [-0.2, -0.15) is 0 Å². The number of benzene rings is 1. The first-order valence-corrected chi connectivity index (χ1v) is 6.79. The smallest absolute Gasteiger partial charge is 0.141 e. The summed E-state index contributed by atoms with van der Waals surface area (Å²) < 4.78 is 0. The lowest BCUT2D eigenvalue weighted by Crippen LogP contribution is -2.26.